The van der Waals surface area contributed by atoms with Gasteiger partial charge in [-0.3, -0.25) is 14.3 Å². The fourth-order valence-electron chi connectivity index (χ4n) is 3.78. The Hall–Kier alpha value is -3.82. The Kier molecular flexibility index (Phi) is 7.56. The van der Waals surface area contributed by atoms with Crippen LogP contribution in [0.25, 0.3) is 16.6 Å². The summed E-state index contributed by atoms with van der Waals surface area (Å²) in [5, 5.41) is 3.78. The molecule has 0 unspecified atom stereocenters. The van der Waals surface area contributed by atoms with Gasteiger partial charge >= 0.3 is 5.97 Å². The van der Waals surface area contributed by atoms with E-state index >= 15 is 0 Å². The highest BCUT2D eigenvalue weighted by Gasteiger charge is 2.24. The predicted octanol–water partition coefficient (Wildman–Crippen LogP) is 4.60. The van der Waals surface area contributed by atoms with Crippen LogP contribution in [0.15, 0.2) is 53.3 Å². The lowest BCUT2D eigenvalue weighted by Crippen LogP contribution is -2.33. The van der Waals surface area contributed by atoms with Crippen LogP contribution in [0.2, 0.25) is 10.0 Å². The van der Waals surface area contributed by atoms with Gasteiger partial charge in [-0.25, -0.2) is 14.5 Å². The SMILES string of the molecule is Cc1ccc2c(Cl)cc(Cl)c(OCC(=O)O[C@H](C)C(=O)Nc3c(C)n(C)n(-c4ccccc4)c3=O)c2n1. The highest BCUT2D eigenvalue weighted by atomic mass is 35.5. The molecule has 2 aromatic carbocycles. The number of hydrogen-bond acceptors (Lipinski definition) is 6. The normalized spacial score (nSPS) is 11.8. The number of pyridine rings is 1. The molecule has 0 fully saturated rings. The molecule has 0 aliphatic rings. The molecule has 4 aromatic rings. The van der Waals surface area contributed by atoms with E-state index in [1.165, 1.54) is 17.7 Å². The molecule has 4 rings (SSSR count). The van der Waals surface area contributed by atoms with Crippen molar-refractivity contribution in [3.05, 3.63) is 80.3 Å². The molecule has 37 heavy (non-hydrogen) atoms. The molecule has 0 radical (unpaired) electrons. The summed E-state index contributed by atoms with van der Waals surface area (Å²) in [6.45, 7) is 4.39. The molecule has 1 amide bonds. The summed E-state index contributed by atoms with van der Waals surface area (Å²) in [5.74, 6) is -1.28. The number of benzene rings is 2. The van der Waals surface area contributed by atoms with Gasteiger partial charge in [-0.2, -0.15) is 0 Å². The Balaban J connectivity index is 1.44. The van der Waals surface area contributed by atoms with Gasteiger partial charge in [0.1, 0.15) is 11.2 Å². The maximum Gasteiger partial charge on any atom is 0.344 e. The molecule has 2 aromatic heterocycles. The second kappa shape index (κ2) is 10.7. The molecular formula is C26H24Cl2N4O5. The Morgan fingerprint density at radius 3 is 2.49 bits per heavy atom. The number of aryl methyl sites for hydroxylation is 1. The number of amides is 1. The minimum absolute atomic E-state index is 0.0939. The van der Waals surface area contributed by atoms with Crippen molar-refractivity contribution in [2.75, 3.05) is 11.9 Å². The summed E-state index contributed by atoms with van der Waals surface area (Å²) in [6.07, 6.45) is -1.20. The summed E-state index contributed by atoms with van der Waals surface area (Å²) in [6, 6.07) is 14.1. The number of rotatable bonds is 7. The monoisotopic (exact) mass is 542 g/mol. The lowest BCUT2D eigenvalue weighted by atomic mass is 10.2. The van der Waals surface area contributed by atoms with Gasteiger partial charge in [0.25, 0.3) is 11.5 Å². The van der Waals surface area contributed by atoms with E-state index in [-0.39, 0.29) is 16.5 Å². The molecule has 192 valence electrons. The fourth-order valence-corrected chi connectivity index (χ4v) is 4.35. The van der Waals surface area contributed by atoms with Crippen molar-refractivity contribution in [1.29, 1.82) is 0 Å². The van der Waals surface area contributed by atoms with Gasteiger partial charge in [0.2, 0.25) is 0 Å². The van der Waals surface area contributed by atoms with Crippen LogP contribution in [0.5, 0.6) is 5.75 Å². The summed E-state index contributed by atoms with van der Waals surface area (Å²) >= 11 is 12.5. The van der Waals surface area contributed by atoms with E-state index in [4.69, 9.17) is 32.7 Å². The van der Waals surface area contributed by atoms with Gasteiger partial charge in [-0.1, -0.05) is 41.4 Å². The van der Waals surface area contributed by atoms with Crippen molar-refractivity contribution in [3.63, 3.8) is 0 Å². The third-order valence-electron chi connectivity index (χ3n) is 5.79. The molecule has 0 aliphatic carbocycles. The van der Waals surface area contributed by atoms with Gasteiger partial charge in [0.05, 0.1) is 21.4 Å². The van der Waals surface area contributed by atoms with Crippen LogP contribution in [0.4, 0.5) is 5.69 Å². The number of fused-ring (bicyclic) bond motifs is 1. The number of aromatic nitrogens is 3. The summed E-state index contributed by atoms with van der Waals surface area (Å²) in [7, 11) is 1.71. The minimum atomic E-state index is -1.20. The number of nitrogens with one attached hydrogen (secondary N) is 1. The zero-order valence-electron chi connectivity index (χ0n) is 20.5. The fraction of sp³-hybridized carbons (Fsp3) is 0.231. The molecule has 0 spiro atoms. The summed E-state index contributed by atoms with van der Waals surface area (Å²) < 4.78 is 13.9. The van der Waals surface area contributed by atoms with E-state index in [1.807, 2.05) is 18.2 Å². The van der Waals surface area contributed by atoms with Crippen molar-refractivity contribution < 1.29 is 19.1 Å². The van der Waals surface area contributed by atoms with Gasteiger partial charge in [-0.15, -0.1) is 0 Å². The first-order valence-corrected chi connectivity index (χ1v) is 12.1. The maximum absolute atomic E-state index is 13.0. The highest BCUT2D eigenvalue weighted by molar-refractivity contribution is 6.39. The predicted molar refractivity (Wildman–Crippen MR) is 142 cm³/mol. The first-order chi connectivity index (χ1) is 17.6. The van der Waals surface area contributed by atoms with E-state index in [9.17, 15) is 14.4 Å². The zero-order valence-corrected chi connectivity index (χ0v) is 22.1. The largest absolute Gasteiger partial charge is 0.478 e. The third-order valence-corrected chi connectivity index (χ3v) is 6.38. The Labute approximate surface area is 222 Å². The number of ether oxygens (including phenoxy) is 2. The molecule has 9 nitrogen and oxygen atoms in total. The second-order valence-corrected chi connectivity index (χ2v) is 9.18. The number of anilines is 1. The zero-order chi connectivity index (χ0) is 26.9. The number of nitrogens with zero attached hydrogens (tertiary/aromatic N) is 3. The maximum atomic E-state index is 13.0. The summed E-state index contributed by atoms with van der Waals surface area (Å²) in [4.78, 5) is 42.6. The van der Waals surface area contributed by atoms with Crippen molar-refractivity contribution in [2.24, 2.45) is 7.05 Å². The Bertz CT molecular complexity index is 1560. The number of hydrogen-bond donors (Lipinski definition) is 1. The second-order valence-electron chi connectivity index (χ2n) is 8.36. The van der Waals surface area contributed by atoms with Gasteiger partial charge in [-0.05, 0) is 51.1 Å². The smallest absolute Gasteiger partial charge is 0.344 e. The van der Waals surface area contributed by atoms with Gasteiger partial charge < -0.3 is 14.8 Å². The van der Waals surface area contributed by atoms with Crippen LogP contribution in [0.1, 0.15) is 18.3 Å². The number of carbonyl (C=O) groups is 2. The van der Waals surface area contributed by atoms with E-state index in [2.05, 4.69) is 10.3 Å². The molecule has 0 saturated heterocycles. The molecule has 0 aliphatic heterocycles. The molecule has 0 saturated carbocycles. The molecule has 11 heteroatoms. The lowest BCUT2D eigenvalue weighted by molar-refractivity contribution is -0.155. The van der Waals surface area contributed by atoms with Crippen LogP contribution >= 0.6 is 23.2 Å². The van der Waals surface area contributed by atoms with Gasteiger partial charge in [0.15, 0.2) is 18.5 Å². The quantitative estimate of drug-likeness (QED) is 0.342. The Morgan fingerprint density at radius 2 is 1.78 bits per heavy atom. The van der Waals surface area contributed by atoms with Crippen LogP contribution < -0.4 is 15.6 Å². The van der Waals surface area contributed by atoms with Crippen molar-refractivity contribution >= 4 is 51.7 Å². The van der Waals surface area contributed by atoms with Crippen molar-refractivity contribution in [2.45, 2.75) is 26.9 Å². The minimum Gasteiger partial charge on any atom is -0.478 e. The van der Waals surface area contributed by atoms with Crippen LogP contribution in [0.3, 0.4) is 0 Å². The van der Waals surface area contributed by atoms with E-state index in [0.717, 1.165) is 0 Å². The van der Waals surface area contributed by atoms with Crippen molar-refractivity contribution in [3.8, 4) is 11.4 Å². The standard InChI is InChI=1S/C26H24Cl2N4O5/c1-14-10-11-18-19(27)12-20(28)24(23(18)29-14)36-13-21(33)37-16(3)25(34)30-22-15(2)31(4)32(26(22)35)17-8-6-5-7-9-17/h5-12,16H,13H2,1-4H3,(H,30,34)/t16-/m1/s1. The van der Waals surface area contributed by atoms with Crippen LogP contribution in [-0.4, -0.2) is 38.9 Å². The number of para-hydroxylation sites is 1. The topological polar surface area (TPSA) is 104 Å². The van der Waals surface area contributed by atoms with E-state index in [1.54, 1.807) is 49.8 Å². The molecule has 1 atom stereocenters. The van der Waals surface area contributed by atoms with E-state index < -0.39 is 30.1 Å². The van der Waals surface area contributed by atoms with Crippen molar-refractivity contribution in [1.82, 2.24) is 14.3 Å². The van der Waals surface area contributed by atoms with Gasteiger partial charge in [0, 0.05) is 18.1 Å². The lowest BCUT2D eigenvalue weighted by Gasteiger charge is -2.15. The number of halogens is 2. The third kappa shape index (κ3) is 5.33. The number of carbonyl (C=O) groups excluding carboxylic acids is 2. The first-order valence-electron chi connectivity index (χ1n) is 11.3. The van der Waals surface area contributed by atoms with E-state index in [0.29, 0.717) is 33.0 Å². The number of esters is 1. The molecule has 1 N–H and O–H groups in total. The molecule has 2 heterocycles. The molecule has 0 bridgehead atoms. The first kappa shape index (κ1) is 26.2. The average Bonchev–Trinajstić information content (AvgIpc) is 3.07. The molecular weight excluding hydrogens is 519 g/mol. The van der Waals surface area contributed by atoms with Crippen LogP contribution in [0, 0.1) is 13.8 Å². The summed E-state index contributed by atoms with van der Waals surface area (Å²) in [5.41, 5.74) is 1.99. The highest BCUT2D eigenvalue weighted by Crippen LogP contribution is 2.37. The average molecular weight is 543 g/mol. The van der Waals surface area contributed by atoms with Crippen LogP contribution in [-0.2, 0) is 21.4 Å². The Morgan fingerprint density at radius 1 is 1.08 bits per heavy atom.